The molecular formula is C19H13BrN2OS. The molecule has 1 aromatic heterocycles. The van der Waals surface area contributed by atoms with Crippen molar-refractivity contribution in [1.29, 1.82) is 5.26 Å². The highest BCUT2D eigenvalue weighted by molar-refractivity contribution is 9.10. The van der Waals surface area contributed by atoms with E-state index in [-0.39, 0.29) is 5.91 Å². The maximum absolute atomic E-state index is 12.8. The van der Waals surface area contributed by atoms with Crippen molar-refractivity contribution in [1.82, 2.24) is 0 Å². The van der Waals surface area contributed by atoms with Gasteiger partial charge in [-0.2, -0.15) is 5.26 Å². The van der Waals surface area contributed by atoms with Gasteiger partial charge in [0.25, 0.3) is 5.91 Å². The standard InChI is InChI=1S/C19H13BrN2OS/c20-16-8-2-4-11-12(16)5-1-7-14(11)18(23)22-19-15(10-21)13-6-3-9-17(13)24-19/h1-2,4-5,7-8H,3,6,9H2,(H,22,23). The van der Waals surface area contributed by atoms with Gasteiger partial charge in [0.05, 0.1) is 5.56 Å². The van der Waals surface area contributed by atoms with Gasteiger partial charge in [-0.15, -0.1) is 11.3 Å². The molecular weight excluding hydrogens is 384 g/mol. The van der Waals surface area contributed by atoms with Crippen molar-refractivity contribution in [3.05, 3.63) is 62.4 Å². The van der Waals surface area contributed by atoms with Crippen LogP contribution < -0.4 is 5.32 Å². The molecule has 2 aromatic carbocycles. The number of amides is 1. The van der Waals surface area contributed by atoms with Gasteiger partial charge in [-0.05, 0) is 47.7 Å². The van der Waals surface area contributed by atoms with Gasteiger partial charge in [-0.1, -0.05) is 40.2 Å². The maximum atomic E-state index is 12.8. The van der Waals surface area contributed by atoms with E-state index in [9.17, 15) is 10.1 Å². The molecule has 0 aliphatic heterocycles. The minimum Gasteiger partial charge on any atom is -0.312 e. The van der Waals surface area contributed by atoms with E-state index >= 15 is 0 Å². The first-order valence-corrected chi connectivity index (χ1v) is 9.33. The molecule has 1 N–H and O–H groups in total. The summed E-state index contributed by atoms with van der Waals surface area (Å²) in [5.74, 6) is -0.171. The summed E-state index contributed by atoms with van der Waals surface area (Å²) in [7, 11) is 0. The molecule has 24 heavy (non-hydrogen) atoms. The van der Waals surface area contributed by atoms with E-state index in [4.69, 9.17) is 0 Å². The lowest BCUT2D eigenvalue weighted by Crippen LogP contribution is -2.12. The summed E-state index contributed by atoms with van der Waals surface area (Å²) >= 11 is 5.07. The summed E-state index contributed by atoms with van der Waals surface area (Å²) in [6.07, 6.45) is 3.04. The quantitative estimate of drug-likeness (QED) is 0.640. The zero-order chi connectivity index (χ0) is 16.7. The number of nitrogens with one attached hydrogen (secondary N) is 1. The summed E-state index contributed by atoms with van der Waals surface area (Å²) in [5, 5.41) is 15.0. The Hall–Kier alpha value is -2.16. The summed E-state index contributed by atoms with van der Waals surface area (Å²) in [6.45, 7) is 0. The van der Waals surface area contributed by atoms with Crippen LogP contribution in [0, 0.1) is 11.3 Å². The van der Waals surface area contributed by atoms with Gasteiger partial charge < -0.3 is 5.32 Å². The highest BCUT2D eigenvalue weighted by Crippen LogP contribution is 2.39. The van der Waals surface area contributed by atoms with Gasteiger partial charge in [-0.3, -0.25) is 4.79 Å². The van der Waals surface area contributed by atoms with Crippen LogP contribution in [0.3, 0.4) is 0 Å². The van der Waals surface area contributed by atoms with Gasteiger partial charge >= 0.3 is 0 Å². The molecule has 0 saturated carbocycles. The molecule has 1 amide bonds. The Kier molecular flexibility index (Phi) is 3.87. The number of carbonyl (C=O) groups is 1. The molecule has 0 fully saturated rings. The fourth-order valence-corrected chi connectivity index (χ4v) is 4.98. The minimum absolute atomic E-state index is 0.171. The van der Waals surface area contributed by atoms with Crippen molar-refractivity contribution in [3.8, 4) is 6.07 Å². The number of benzene rings is 2. The van der Waals surface area contributed by atoms with Crippen LogP contribution in [0.4, 0.5) is 5.00 Å². The third-order valence-corrected chi connectivity index (χ3v) is 6.27. The molecule has 0 radical (unpaired) electrons. The average Bonchev–Trinajstić information content (AvgIpc) is 3.15. The number of rotatable bonds is 2. The van der Waals surface area contributed by atoms with Gasteiger partial charge in [0, 0.05) is 14.9 Å². The van der Waals surface area contributed by atoms with Gasteiger partial charge in [0.1, 0.15) is 11.1 Å². The minimum atomic E-state index is -0.171. The zero-order valence-corrected chi connectivity index (χ0v) is 15.1. The predicted molar refractivity (Wildman–Crippen MR) is 101 cm³/mol. The lowest BCUT2D eigenvalue weighted by atomic mass is 10.0. The first-order valence-electron chi connectivity index (χ1n) is 7.72. The van der Waals surface area contributed by atoms with E-state index in [1.807, 2.05) is 36.4 Å². The molecule has 0 unspecified atom stereocenters. The number of hydrogen-bond donors (Lipinski definition) is 1. The molecule has 5 heteroatoms. The molecule has 4 rings (SSSR count). The van der Waals surface area contributed by atoms with E-state index < -0.39 is 0 Å². The Labute approximate surface area is 152 Å². The second-order valence-corrected chi connectivity index (χ2v) is 7.73. The average molecular weight is 397 g/mol. The summed E-state index contributed by atoms with van der Waals surface area (Å²) in [5.41, 5.74) is 2.38. The Morgan fingerprint density at radius 1 is 1.17 bits per heavy atom. The maximum Gasteiger partial charge on any atom is 0.256 e. The summed E-state index contributed by atoms with van der Waals surface area (Å²) in [4.78, 5) is 14.0. The number of thiophene rings is 1. The molecule has 0 bridgehead atoms. The topological polar surface area (TPSA) is 52.9 Å². The Balaban J connectivity index is 1.74. The zero-order valence-electron chi connectivity index (χ0n) is 12.7. The number of nitrogens with zero attached hydrogens (tertiary/aromatic N) is 1. The van der Waals surface area contributed by atoms with Crippen molar-refractivity contribution in [2.24, 2.45) is 0 Å². The number of aryl methyl sites for hydroxylation is 1. The smallest absolute Gasteiger partial charge is 0.256 e. The normalized spacial score (nSPS) is 12.8. The van der Waals surface area contributed by atoms with Crippen LogP contribution in [0.1, 0.15) is 32.8 Å². The van der Waals surface area contributed by atoms with E-state index in [1.165, 1.54) is 4.88 Å². The number of fused-ring (bicyclic) bond motifs is 2. The van der Waals surface area contributed by atoms with Crippen LogP contribution in [0.25, 0.3) is 10.8 Å². The van der Waals surface area contributed by atoms with Crippen molar-refractivity contribution in [2.45, 2.75) is 19.3 Å². The van der Waals surface area contributed by atoms with Crippen LogP contribution in [0.5, 0.6) is 0 Å². The highest BCUT2D eigenvalue weighted by Gasteiger charge is 2.23. The number of hydrogen-bond acceptors (Lipinski definition) is 3. The van der Waals surface area contributed by atoms with Crippen molar-refractivity contribution < 1.29 is 4.79 Å². The van der Waals surface area contributed by atoms with E-state index in [0.717, 1.165) is 40.1 Å². The monoisotopic (exact) mass is 396 g/mol. The second kappa shape index (κ2) is 6.04. The summed E-state index contributed by atoms with van der Waals surface area (Å²) < 4.78 is 0.961. The van der Waals surface area contributed by atoms with Crippen LogP contribution >= 0.6 is 27.3 Å². The Morgan fingerprint density at radius 3 is 2.79 bits per heavy atom. The molecule has 3 aromatic rings. The molecule has 0 atom stereocenters. The van der Waals surface area contributed by atoms with Crippen LogP contribution in [-0.4, -0.2) is 5.91 Å². The largest absolute Gasteiger partial charge is 0.312 e. The molecule has 0 saturated heterocycles. The Bertz CT molecular complexity index is 1020. The van der Waals surface area contributed by atoms with Gasteiger partial charge in [0.2, 0.25) is 0 Å². The lowest BCUT2D eigenvalue weighted by Gasteiger charge is -2.08. The second-order valence-electron chi connectivity index (χ2n) is 5.77. The highest BCUT2D eigenvalue weighted by atomic mass is 79.9. The molecule has 1 heterocycles. The molecule has 1 aliphatic rings. The number of anilines is 1. The number of nitriles is 1. The SMILES string of the molecule is N#Cc1c(NC(=O)c2cccc3c(Br)cccc23)sc2c1CCC2. The molecule has 1 aliphatic carbocycles. The van der Waals surface area contributed by atoms with Crippen molar-refractivity contribution in [2.75, 3.05) is 5.32 Å². The third kappa shape index (κ3) is 2.43. The Morgan fingerprint density at radius 2 is 1.96 bits per heavy atom. The molecule has 118 valence electrons. The van der Waals surface area contributed by atoms with Crippen molar-refractivity contribution >= 4 is 48.9 Å². The fourth-order valence-electron chi connectivity index (χ4n) is 3.25. The van der Waals surface area contributed by atoms with E-state index in [2.05, 4.69) is 27.3 Å². The van der Waals surface area contributed by atoms with Gasteiger partial charge in [0.15, 0.2) is 0 Å². The van der Waals surface area contributed by atoms with Crippen molar-refractivity contribution in [3.63, 3.8) is 0 Å². The summed E-state index contributed by atoms with van der Waals surface area (Å²) in [6, 6.07) is 13.8. The van der Waals surface area contributed by atoms with E-state index in [1.54, 1.807) is 11.3 Å². The number of carbonyl (C=O) groups excluding carboxylic acids is 1. The predicted octanol–water partition coefficient (Wildman–Crippen LogP) is 5.28. The van der Waals surface area contributed by atoms with Crippen LogP contribution in [-0.2, 0) is 12.8 Å². The first-order chi connectivity index (χ1) is 11.7. The van der Waals surface area contributed by atoms with Gasteiger partial charge in [-0.25, -0.2) is 0 Å². The third-order valence-electron chi connectivity index (χ3n) is 4.37. The van der Waals surface area contributed by atoms with Crippen LogP contribution in [0.15, 0.2) is 40.9 Å². The van der Waals surface area contributed by atoms with E-state index in [0.29, 0.717) is 16.1 Å². The fraction of sp³-hybridized carbons (Fsp3) is 0.158. The molecule has 0 spiro atoms. The lowest BCUT2D eigenvalue weighted by molar-refractivity contribution is 0.102. The number of halogens is 1. The molecule has 3 nitrogen and oxygen atoms in total. The first kappa shape index (κ1) is 15.4. The van der Waals surface area contributed by atoms with Crippen LogP contribution in [0.2, 0.25) is 0 Å².